The van der Waals surface area contributed by atoms with Gasteiger partial charge in [0, 0.05) is 5.56 Å². The number of esters is 1. The third kappa shape index (κ3) is 8.80. The summed E-state index contributed by atoms with van der Waals surface area (Å²) < 4.78 is 5.16. The lowest BCUT2D eigenvalue weighted by atomic mass is 9.98. The van der Waals surface area contributed by atoms with Gasteiger partial charge < -0.3 is 4.74 Å². The van der Waals surface area contributed by atoms with Crippen LogP contribution >= 0.6 is 0 Å². The number of fused-ring (bicyclic) bond motifs is 1. The Balaban J connectivity index is 1.36. The van der Waals surface area contributed by atoms with Gasteiger partial charge in [0.25, 0.3) is 0 Å². The van der Waals surface area contributed by atoms with E-state index >= 15 is 0 Å². The van der Waals surface area contributed by atoms with Gasteiger partial charge in [-0.2, -0.15) is 0 Å². The van der Waals surface area contributed by atoms with Crippen LogP contribution in [-0.4, -0.2) is 5.97 Å². The van der Waals surface area contributed by atoms with Crippen molar-refractivity contribution in [1.29, 1.82) is 0 Å². The summed E-state index contributed by atoms with van der Waals surface area (Å²) >= 11 is 0. The van der Waals surface area contributed by atoms with Crippen molar-refractivity contribution in [3.05, 3.63) is 34.9 Å². The molecule has 2 heteroatoms. The lowest BCUT2D eigenvalue weighted by molar-refractivity contribution is 0.0534. The Hall–Kier alpha value is -1.31. The van der Waals surface area contributed by atoms with E-state index in [4.69, 9.17) is 4.74 Å². The van der Waals surface area contributed by atoms with E-state index in [0.29, 0.717) is 6.61 Å². The fourth-order valence-electron chi connectivity index (χ4n) is 4.31. The first kappa shape index (κ1) is 23.0. The zero-order chi connectivity index (χ0) is 19.9. The van der Waals surface area contributed by atoms with Gasteiger partial charge in [0.1, 0.15) is 6.61 Å². The normalized spacial score (nSPS) is 13.0. The predicted molar refractivity (Wildman–Crippen MR) is 119 cm³/mol. The van der Waals surface area contributed by atoms with Gasteiger partial charge in [-0.25, -0.2) is 4.79 Å². The summed E-state index contributed by atoms with van der Waals surface area (Å²) in [5.74, 6) is -0.149. The Bertz CT molecular complexity index is 549. The molecule has 158 valence electrons. The van der Waals surface area contributed by atoms with Crippen LogP contribution in [0.3, 0.4) is 0 Å². The van der Waals surface area contributed by atoms with Gasteiger partial charge in [-0.05, 0) is 24.5 Å². The average Bonchev–Trinajstić information content (AvgIpc) is 3.09. The smallest absolute Gasteiger partial charge is 0.338 e. The SMILES string of the molecule is CCCCCCCCCCCCCCCCCCc1cccc2c1COC2=O. The monoisotopic (exact) mass is 386 g/mol. The molecule has 0 saturated heterocycles. The topological polar surface area (TPSA) is 26.3 Å². The molecule has 2 nitrogen and oxygen atoms in total. The van der Waals surface area contributed by atoms with Crippen LogP contribution in [0.15, 0.2) is 18.2 Å². The lowest BCUT2D eigenvalue weighted by Gasteiger charge is -2.06. The Morgan fingerprint density at radius 1 is 0.714 bits per heavy atom. The highest BCUT2D eigenvalue weighted by Gasteiger charge is 2.22. The molecule has 28 heavy (non-hydrogen) atoms. The van der Waals surface area contributed by atoms with Crippen LogP contribution in [-0.2, 0) is 17.8 Å². The van der Waals surface area contributed by atoms with Crippen LogP contribution in [0.4, 0.5) is 0 Å². The van der Waals surface area contributed by atoms with Crippen molar-refractivity contribution in [3.63, 3.8) is 0 Å². The second-order valence-corrected chi connectivity index (χ2v) is 8.57. The summed E-state index contributed by atoms with van der Waals surface area (Å²) in [5, 5.41) is 0. The molecule has 0 amide bonds. The zero-order valence-electron chi connectivity index (χ0n) is 18.3. The second kappa shape index (κ2) is 14.7. The Morgan fingerprint density at radius 3 is 1.75 bits per heavy atom. The van der Waals surface area contributed by atoms with E-state index in [9.17, 15) is 4.79 Å². The maximum atomic E-state index is 11.6. The van der Waals surface area contributed by atoms with Crippen LogP contribution in [0.5, 0.6) is 0 Å². The predicted octanol–water partition coefficient (Wildman–Crippen LogP) is 8.16. The lowest BCUT2D eigenvalue weighted by Crippen LogP contribution is -1.96. The van der Waals surface area contributed by atoms with Crippen molar-refractivity contribution >= 4 is 5.97 Å². The van der Waals surface area contributed by atoms with E-state index < -0.39 is 0 Å². The molecule has 0 bridgehead atoms. The molecule has 1 aromatic carbocycles. The average molecular weight is 387 g/mol. The Morgan fingerprint density at radius 2 is 1.21 bits per heavy atom. The minimum Gasteiger partial charge on any atom is -0.457 e. The molecule has 0 atom stereocenters. The third-order valence-corrected chi connectivity index (χ3v) is 6.14. The standard InChI is InChI=1S/C26H42O2/c1-2-3-4-5-6-7-8-9-10-11-12-13-14-15-16-17-19-23-20-18-21-24-25(23)22-28-26(24)27/h18,20-21H,2-17,19,22H2,1H3. The summed E-state index contributed by atoms with van der Waals surface area (Å²) in [7, 11) is 0. The van der Waals surface area contributed by atoms with Gasteiger partial charge in [-0.15, -0.1) is 0 Å². The number of rotatable bonds is 17. The number of benzene rings is 1. The molecule has 0 aromatic heterocycles. The zero-order valence-corrected chi connectivity index (χ0v) is 18.3. The van der Waals surface area contributed by atoms with Crippen LogP contribution < -0.4 is 0 Å². The molecule has 1 aliphatic heterocycles. The Labute approximate surface area is 173 Å². The maximum Gasteiger partial charge on any atom is 0.338 e. The number of unbranched alkanes of at least 4 members (excludes halogenated alkanes) is 15. The molecule has 1 aromatic rings. The van der Waals surface area contributed by atoms with Gasteiger partial charge in [-0.3, -0.25) is 0 Å². The van der Waals surface area contributed by atoms with E-state index in [1.54, 1.807) is 0 Å². The van der Waals surface area contributed by atoms with Crippen molar-refractivity contribution in [1.82, 2.24) is 0 Å². The Kier molecular flexibility index (Phi) is 12.0. The van der Waals surface area contributed by atoms with Crippen LogP contribution in [0, 0.1) is 0 Å². The molecule has 0 radical (unpaired) electrons. The molecule has 0 saturated carbocycles. The van der Waals surface area contributed by atoms with Gasteiger partial charge >= 0.3 is 5.97 Å². The minimum absolute atomic E-state index is 0.149. The summed E-state index contributed by atoms with van der Waals surface area (Å²) in [6.45, 7) is 2.76. The number of cyclic esters (lactones) is 1. The van der Waals surface area contributed by atoms with Crippen molar-refractivity contribution in [2.45, 2.75) is 123 Å². The largest absolute Gasteiger partial charge is 0.457 e. The van der Waals surface area contributed by atoms with E-state index in [1.807, 2.05) is 12.1 Å². The number of ether oxygens (including phenoxy) is 1. The summed E-state index contributed by atoms with van der Waals surface area (Å²) in [4.78, 5) is 11.6. The van der Waals surface area contributed by atoms with Crippen LogP contribution in [0.2, 0.25) is 0 Å². The molecular weight excluding hydrogens is 344 g/mol. The molecule has 0 fully saturated rings. The highest BCUT2D eigenvalue weighted by molar-refractivity contribution is 5.93. The molecule has 0 aliphatic carbocycles. The highest BCUT2D eigenvalue weighted by Crippen LogP contribution is 2.25. The van der Waals surface area contributed by atoms with Crippen molar-refractivity contribution in [2.75, 3.05) is 0 Å². The molecular formula is C26H42O2. The first-order valence-electron chi connectivity index (χ1n) is 12.1. The molecule has 2 rings (SSSR count). The van der Waals surface area contributed by atoms with Gasteiger partial charge in [-0.1, -0.05) is 115 Å². The van der Waals surface area contributed by atoms with E-state index in [2.05, 4.69) is 13.0 Å². The fraction of sp³-hybridized carbons (Fsp3) is 0.731. The van der Waals surface area contributed by atoms with Gasteiger partial charge in [0.15, 0.2) is 0 Å². The van der Waals surface area contributed by atoms with Crippen molar-refractivity contribution in [3.8, 4) is 0 Å². The van der Waals surface area contributed by atoms with E-state index in [-0.39, 0.29) is 5.97 Å². The quantitative estimate of drug-likeness (QED) is 0.199. The molecule has 1 aliphatic rings. The van der Waals surface area contributed by atoms with Gasteiger partial charge in [0.2, 0.25) is 0 Å². The maximum absolute atomic E-state index is 11.6. The van der Waals surface area contributed by atoms with Gasteiger partial charge in [0.05, 0.1) is 5.56 Å². The summed E-state index contributed by atoms with van der Waals surface area (Å²) in [5.41, 5.74) is 3.23. The molecule has 0 spiro atoms. The number of aryl methyl sites for hydroxylation is 1. The van der Waals surface area contributed by atoms with Crippen molar-refractivity contribution < 1.29 is 9.53 Å². The first-order valence-corrected chi connectivity index (χ1v) is 12.1. The molecule has 0 N–H and O–H groups in total. The minimum atomic E-state index is -0.149. The van der Waals surface area contributed by atoms with E-state index in [0.717, 1.165) is 17.5 Å². The summed E-state index contributed by atoms with van der Waals surface area (Å²) in [6, 6.07) is 6.04. The number of carbonyl (C=O) groups is 1. The fourth-order valence-corrected chi connectivity index (χ4v) is 4.31. The van der Waals surface area contributed by atoms with Crippen LogP contribution in [0.25, 0.3) is 0 Å². The second-order valence-electron chi connectivity index (χ2n) is 8.57. The number of hydrogen-bond acceptors (Lipinski definition) is 2. The number of hydrogen-bond donors (Lipinski definition) is 0. The third-order valence-electron chi connectivity index (χ3n) is 6.14. The van der Waals surface area contributed by atoms with Crippen LogP contribution in [0.1, 0.15) is 131 Å². The molecule has 0 unspecified atom stereocenters. The number of carbonyl (C=O) groups excluding carboxylic acids is 1. The van der Waals surface area contributed by atoms with E-state index in [1.165, 1.54) is 108 Å². The van der Waals surface area contributed by atoms with Crippen molar-refractivity contribution in [2.24, 2.45) is 0 Å². The summed E-state index contributed by atoms with van der Waals surface area (Å²) in [6.07, 6.45) is 23.5. The highest BCUT2D eigenvalue weighted by atomic mass is 16.5. The molecule has 1 heterocycles. The first-order chi connectivity index (χ1) is 13.8.